The van der Waals surface area contributed by atoms with Crippen molar-refractivity contribution in [1.82, 2.24) is 0 Å². The summed E-state index contributed by atoms with van der Waals surface area (Å²) >= 11 is 0. The number of amides is 1. The summed E-state index contributed by atoms with van der Waals surface area (Å²) in [5.74, 6) is -2.15. The summed E-state index contributed by atoms with van der Waals surface area (Å²) in [6.45, 7) is -0.662. The summed E-state index contributed by atoms with van der Waals surface area (Å²) in [5.41, 5.74) is -0.231. The Labute approximate surface area is 185 Å². The Kier molecular flexibility index (Phi) is 6.84. The van der Waals surface area contributed by atoms with Crippen LogP contribution in [0.1, 0.15) is 31.1 Å². The molecular weight excluding hydrogens is 434 g/mol. The van der Waals surface area contributed by atoms with Crippen LogP contribution in [0.2, 0.25) is 0 Å². The van der Waals surface area contributed by atoms with Crippen molar-refractivity contribution in [3.8, 4) is 0 Å². The number of ketones is 1. The fourth-order valence-electron chi connectivity index (χ4n) is 2.78. The van der Waals surface area contributed by atoms with Gasteiger partial charge in [0.1, 0.15) is 0 Å². The van der Waals surface area contributed by atoms with Crippen molar-refractivity contribution in [2.75, 3.05) is 11.9 Å². The molecule has 11 nitrogen and oxygen atoms in total. The van der Waals surface area contributed by atoms with E-state index in [0.717, 1.165) is 6.07 Å². The quantitative estimate of drug-likeness (QED) is 0.235. The molecule has 11 heteroatoms. The Balaban J connectivity index is 1.69. The molecule has 0 spiro atoms. The van der Waals surface area contributed by atoms with Gasteiger partial charge in [-0.3, -0.25) is 29.8 Å². The molecule has 3 aromatic rings. The second kappa shape index (κ2) is 9.92. The van der Waals surface area contributed by atoms with Crippen molar-refractivity contribution in [3.63, 3.8) is 0 Å². The first-order chi connectivity index (χ1) is 15.8. The van der Waals surface area contributed by atoms with E-state index in [1.54, 1.807) is 6.07 Å². The second-order valence-corrected chi connectivity index (χ2v) is 6.61. The average Bonchev–Trinajstić information content (AvgIpc) is 2.82. The van der Waals surface area contributed by atoms with E-state index in [2.05, 4.69) is 5.32 Å². The molecule has 33 heavy (non-hydrogen) atoms. The largest absolute Gasteiger partial charge is 0.454 e. The van der Waals surface area contributed by atoms with Crippen LogP contribution < -0.4 is 5.32 Å². The standard InChI is InChI=1S/C22H15N3O8/c26-20(15-4-3-5-17(12-15)25(31)32)13-33-22(28)18-6-1-2-7-19(18)23-21(27)14-8-10-16(11-9-14)24(29)30/h1-12H,13H2,(H,23,27). The van der Waals surface area contributed by atoms with E-state index >= 15 is 0 Å². The zero-order valence-electron chi connectivity index (χ0n) is 16.8. The number of benzene rings is 3. The van der Waals surface area contributed by atoms with Crippen molar-refractivity contribution < 1.29 is 29.0 Å². The van der Waals surface area contributed by atoms with Crippen LogP contribution in [0.3, 0.4) is 0 Å². The SMILES string of the molecule is O=C(COC(=O)c1ccccc1NC(=O)c1ccc([N+](=O)[O-])cc1)c1cccc([N+](=O)[O-])c1. The van der Waals surface area contributed by atoms with Crippen molar-refractivity contribution in [2.24, 2.45) is 0 Å². The number of esters is 1. The highest BCUT2D eigenvalue weighted by Crippen LogP contribution is 2.19. The number of hydrogen-bond acceptors (Lipinski definition) is 8. The number of nitro benzene ring substituents is 2. The van der Waals surface area contributed by atoms with Crippen LogP contribution in [-0.2, 0) is 4.74 Å². The number of nitrogens with zero attached hydrogens (tertiary/aromatic N) is 2. The average molecular weight is 449 g/mol. The number of nitro groups is 2. The lowest BCUT2D eigenvalue weighted by atomic mass is 10.1. The fourth-order valence-corrected chi connectivity index (χ4v) is 2.78. The third-order valence-corrected chi connectivity index (χ3v) is 4.45. The van der Waals surface area contributed by atoms with Gasteiger partial charge in [-0.05, 0) is 24.3 Å². The monoisotopic (exact) mass is 449 g/mol. The van der Waals surface area contributed by atoms with Gasteiger partial charge in [-0.15, -0.1) is 0 Å². The minimum absolute atomic E-state index is 0.0109. The van der Waals surface area contributed by atoms with Gasteiger partial charge in [0.15, 0.2) is 6.61 Å². The fraction of sp³-hybridized carbons (Fsp3) is 0.0455. The maximum atomic E-state index is 12.5. The smallest absolute Gasteiger partial charge is 0.340 e. The summed E-state index contributed by atoms with van der Waals surface area (Å²) in [5, 5.41) is 24.1. The molecule has 0 radical (unpaired) electrons. The van der Waals surface area contributed by atoms with Gasteiger partial charge in [-0.2, -0.15) is 0 Å². The van der Waals surface area contributed by atoms with Crippen molar-refractivity contribution in [3.05, 3.63) is 110 Å². The van der Waals surface area contributed by atoms with Crippen LogP contribution in [0.15, 0.2) is 72.8 Å². The number of carbonyl (C=O) groups excluding carboxylic acids is 3. The lowest BCUT2D eigenvalue weighted by Crippen LogP contribution is -2.18. The number of para-hydroxylation sites is 1. The molecule has 0 aromatic heterocycles. The van der Waals surface area contributed by atoms with Gasteiger partial charge in [0.25, 0.3) is 17.3 Å². The van der Waals surface area contributed by atoms with E-state index in [-0.39, 0.29) is 33.8 Å². The van der Waals surface area contributed by atoms with E-state index in [0.29, 0.717) is 0 Å². The highest BCUT2D eigenvalue weighted by Gasteiger charge is 2.18. The Bertz CT molecular complexity index is 1250. The normalized spacial score (nSPS) is 10.2. The summed E-state index contributed by atoms with van der Waals surface area (Å²) in [7, 11) is 0. The number of non-ortho nitro benzene ring substituents is 2. The van der Waals surface area contributed by atoms with Crippen LogP contribution in [0, 0.1) is 20.2 Å². The van der Waals surface area contributed by atoms with E-state index in [1.807, 2.05) is 0 Å². The molecule has 0 fully saturated rings. The van der Waals surface area contributed by atoms with Crippen LogP contribution in [0.25, 0.3) is 0 Å². The van der Waals surface area contributed by atoms with E-state index in [9.17, 15) is 34.6 Å². The molecule has 166 valence electrons. The molecule has 1 N–H and O–H groups in total. The van der Waals surface area contributed by atoms with Gasteiger partial charge < -0.3 is 10.1 Å². The number of hydrogen-bond donors (Lipinski definition) is 1. The summed E-state index contributed by atoms with van der Waals surface area (Å²) < 4.78 is 5.03. The molecule has 0 bridgehead atoms. The van der Waals surface area contributed by atoms with Gasteiger partial charge in [0, 0.05) is 35.4 Å². The highest BCUT2D eigenvalue weighted by atomic mass is 16.6. The van der Waals surface area contributed by atoms with Crippen molar-refractivity contribution in [2.45, 2.75) is 0 Å². The number of rotatable bonds is 8. The highest BCUT2D eigenvalue weighted by molar-refractivity contribution is 6.08. The maximum absolute atomic E-state index is 12.5. The van der Waals surface area contributed by atoms with Crippen molar-refractivity contribution >= 4 is 34.7 Å². The van der Waals surface area contributed by atoms with Crippen LogP contribution in [0.5, 0.6) is 0 Å². The zero-order valence-corrected chi connectivity index (χ0v) is 16.8. The van der Waals surface area contributed by atoms with E-state index in [1.165, 1.54) is 60.7 Å². The molecule has 0 aliphatic heterocycles. The third kappa shape index (κ3) is 5.61. The topological polar surface area (TPSA) is 159 Å². The minimum Gasteiger partial charge on any atom is -0.454 e. The lowest BCUT2D eigenvalue weighted by molar-refractivity contribution is -0.385. The predicted molar refractivity (Wildman–Crippen MR) is 115 cm³/mol. The molecule has 0 aliphatic carbocycles. The first-order valence-corrected chi connectivity index (χ1v) is 9.36. The number of carbonyl (C=O) groups is 3. The van der Waals surface area contributed by atoms with Gasteiger partial charge in [0.05, 0.1) is 21.1 Å². The Hall–Kier alpha value is -4.93. The number of ether oxygens (including phenoxy) is 1. The second-order valence-electron chi connectivity index (χ2n) is 6.61. The number of anilines is 1. The minimum atomic E-state index is -0.895. The van der Waals surface area contributed by atoms with Gasteiger partial charge in [0.2, 0.25) is 5.78 Å². The van der Waals surface area contributed by atoms with Gasteiger partial charge in [-0.25, -0.2) is 4.79 Å². The van der Waals surface area contributed by atoms with Crippen LogP contribution in [0.4, 0.5) is 17.1 Å². The van der Waals surface area contributed by atoms with Crippen LogP contribution in [-0.4, -0.2) is 34.1 Å². The third-order valence-electron chi connectivity index (χ3n) is 4.45. The Morgan fingerprint density at radius 2 is 1.45 bits per heavy atom. The molecule has 0 unspecified atom stereocenters. The Morgan fingerprint density at radius 3 is 2.12 bits per heavy atom. The molecule has 0 aliphatic rings. The summed E-state index contributed by atoms with van der Waals surface area (Å²) in [4.78, 5) is 57.6. The molecule has 3 rings (SSSR count). The molecular formula is C22H15N3O8. The zero-order chi connectivity index (χ0) is 24.0. The van der Waals surface area contributed by atoms with Crippen molar-refractivity contribution in [1.29, 1.82) is 0 Å². The number of Topliss-reactive ketones (excluding diaryl/α,β-unsaturated/α-hetero) is 1. The first kappa shape index (κ1) is 22.7. The molecule has 3 aromatic carbocycles. The summed E-state index contributed by atoms with van der Waals surface area (Å²) in [6.07, 6.45) is 0. The van der Waals surface area contributed by atoms with E-state index in [4.69, 9.17) is 4.74 Å². The first-order valence-electron chi connectivity index (χ1n) is 9.36. The van der Waals surface area contributed by atoms with Crippen LogP contribution >= 0.6 is 0 Å². The molecule has 0 atom stereocenters. The van der Waals surface area contributed by atoms with Gasteiger partial charge in [-0.1, -0.05) is 24.3 Å². The lowest BCUT2D eigenvalue weighted by Gasteiger charge is -2.11. The molecule has 0 saturated heterocycles. The summed E-state index contributed by atoms with van der Waals surface area (Å²) in [6, 6.07) is 15.8. The Morgan fingerprint density at radius 1 is 0.788 bits per heavy atom. The van der Waals surface area contributed by atoms with E-state index < -0.39 is 34.1 Å². The molecule has 0 heterocycles. The number of nitrogens with one attached hydrogen (secondary N) is 1. The molecule has 1 amide bonds. The molecule has 0 saturated carbocycles. The predicted octanol–water partition coefficient (Wildman–Crippen LogP) is 3.80. The van der Waals surface area contributed by atoms with Gasteiger partial charge >= 0.3 is 5.97 Å². The maximum Gasteiger partial charge on any atom is 0.340 e.